The summed E-state index contributed by atoms with van der Waals surface area (Å²) in [5.74, 6) is -0.853. The van der Waals surface area contributed by atoms with Crippen LogP contribution in [0.4, 0.5) is 5.69 Å². The van der Waals surface area contributed by atoms with Gasteiger partial charge in [-0.2, -0.15) is 0 Å². The highest BCUT2D eigenvalue weighted by Gasteiger charge is 2.33. The maximum absolute atomic E-state index is 14.1. The molecule has 0 fully saturated rings. The highest BCUT2D eigenvalue weighted by atomic mass is 35.5. The van der Waals surface area contributed by atoms with Gasteiger partial charge in [0.05, 0.1) is 22.0 Å². The van der Waals surface area contributed by atoms with Crippen LogP contribution in [0.3, 0.4) is 0 Å². The second-order valence-electron chi connectivity index (χ2n) is 9.85. The predicted molar refractivity (Wildman–Crippen MR) is 162 cm³/mol. The van der Waals surface area contributed by atoms with Gasteiger partial charge in [0.1, 0.15) is 12.6 Å². The molecule has 2 atom stereocenters. The Morgan fingerprint density at radius 1 is 0.925 bits per heavy atom. The van der Waals surface area contributed by atoms with Gasteiger partial charge in [-0.05, 0) is 55.2 Å². The van der Waals surface area contributed by atoms with Crippen LogP contribution in [0.2, 0.25) is 10.0 Å². The van der Waals surface area contributed by atoms with E-state index in [-0.39, 0.29) is 24.9 Å². The Labute approximate surface area is 247 Å². The molecule has 0 aliphatic carbocycles. The van der Waals surface area contributed by atoms with Crippen LogP contribution in [-0.2, 0) is 32.6 Å². The number of rotatable bonds is 12. The van der Waals surface area contributed by atoms with E-state index in [1.807, 2.05) is 44.2 Å². The predicted octanol–water partition coefficient (Wildman–Crippen LogP) is 5.62. The molecular formula is C30H35Cl2N3O4S. The van der Waals surface area contributed by atoms with Crippen LogP contribution in [0.15, 0.2) is 72.8 Å². The molecule has 0 spiro atoms. The first-order chi connectivity index (χ1) is 18.9. The maximum atomic E-state index is 14.1. The largest absolute Gasteiger partial charge is 0.352 e. The zero-order valence-electron chi connectivity index (χ0n) is 23.1. The number of benzene rings is 3. The summed E-state index contributed by atoms with van der Waals surface area (Å²) < 4.78 is 26.9. The van der Waals surface area contributed by atoms with Crippen molar-refractivity contribution in [2.24, 2.45) is 0 Å². The molecule has 0 aliphatic heterocycles. The molecule has 3 aromatic carbocycles. The number of nitrogens with zero attached hydrogens (tertiary/aromatic N) is 2. The van der Waals surface area contributed by atoms with Crippen LogP contribution in [0, 0.1) is 6.92 Å². The highest BCUT2D eigenvalue weighted by molar-refractivity contribution is 7.92. The van der Waals surface area contributed by atoms with Crippen molar-refractivity contribution in [3.63, 3.8) is 0 Å². The molecule has 1 N–H and O–H groups in total. The van der Waals surface area contributed by atoms with E-state index in [4.69, 9.17) is 23.2 Å². The molecule has 0 radical (unpaired) electrons. The molecule has 3 aromatic rings. The van der Waals surface area contributed by atoms with Crippen LogP contribution < -0.4 is 9.62 Å². The maximum Gasteiger partial charge on any atom is 0.244 e. The molecule has 214 valence electrons. The molecule has 0 saturated carbocycles. The minimum Gasteiger partial charge on any atom is -0.352 e. The van der Waals surface area contributed by atoms with E-state index in [2.05, 4.69) is 5.32 Å². The lowest BCUT2D eigenvalue weighted by molar-refractivity contribution is -0.140. The number of anilines is 1. The molecule has 10 heteroatoms. The van der Waals surface area contributed by atoms with Crippen molar-refractivity contribution in [3.05, 3.63) is 99.5 Å². The number of carbonyl (C=O) groups excluding carboxylic acids is 2. The van der Waals surface area contributed by atoms with E-state index in [9.17, 15) is 18.0 Å². The van der Waals surface area contributed by atoms with E-state index >= 15 is 0 Å². The number of aryl methyl sites for hydroxylation is 1. The summed E-state index contributed by atoms with van der Waals surface area (Å²) in [6.07, 6.45) is 2.01. The van der Waals surface area contributed by atoms with Gasteiger partial charge in [-0.25, -0.2) is 8.42 Å². The Hall–Kier alpha value is -3.07. The topological polar surface area (TPSA) is 86.8 Å². The van der Waals surface area contributed by atoms with Crippen LogP contribution in [0.5, 0.6) is 0 Å². The summed E-state index contributed by atoms with van der Waals surface area (Å²) in [6, 6.07) is 20.3. The van der Waals surface area contributed by atoms with E-state index < -0.39 is 28.5 Å². The number of amides is 2. The number of carbonyl (C=O) groups is 2. The molecule has 0 saturated heterocycles. The Balaban J connectivity index is 2.09. The third kappa shape index (κ3) is 8.46. The number of halogens is 2. The Kier molecular flexibility index (Phi) is 11.0. The van der Waals surface area contributed by atoms with Crippen LogP contribution in [-0.4, -0.2) is 50.0 Å². The molecule has 0 aliphatic rings. The summed E-state index contributed by atoms with van der Waals surface area (Å²) >= 11 is 12.4. The van der Waals surface area contributed by atoms with Gasteiger partial charge in [-0.15, -0.1) is 0 Å². The Morgan fingerprint density at radius 2 is 1.57 bits per heavy atom. The van der Waals surface area contributed by atoms with Gasteiger partial charge in [0.25, 0.3) is 0 Å². The molecule has 40 heavy (non-hydrogen) atoms. The number of sulfonamides is 1. The molecule has 0 aromatic heterocycles. The molecule has 2 amide bonds. The van der Waals surface area contributed by atoms with Crippen molar-refractivity contribution in [2.45, 2.75) is 52.2 Å². The lowest BCUT2D eigenvalue weighted by atomic mass is 10.0. The number of para-hydroxylation sites is 1. The first-order valence-electron chi connectivity index (χ1n) is 13.0. The van der Waals surface area contributed by atoms with Crippen LogP contribution in [0.25, 0.3) is 0 Å². The van der Waals surface area contributed by atoms with Crippen molar-refractivity contribution >= 4 is 50.7 Å². The van der Waals surface area contributed by atoms with Gasteiger partial charge in [0.2, 0.25) is 21.8 Å². The van der Waals surface area contributed by atoms with Gasteiger partial charge in [0.15, 0.2) is 0 Å². The minimum atomic E-state index is -3.84. The van der Waals surface area contributed by atoms with E-state index in [1.165, 1.54) is 4.90 Å². The van der Waals surface area contributed by atoms with Gasteiger partial charge in [-0.3, -0.25) is 13.9 Å². The quantitative estimate of drug-likeness (QED) is 0.291. The monoisotopic (exact) mass is 603 g/mol. The first kappa shape index (κ1) is 31.5. The Morgan fingerprint density at radius 3 is 2.17 bits per heavy atom. The van der Waals surface area contributed by atoms with E-state index in [0.29, 0.717) is 33.3 Å². The fourth-order valence-electron chi connectivity index (χ4n) is 4.27. The standard InChI is InChI=1S/C30H35Cl2N3O4S/c1-5-22(3)33-30(37)28(18-23-12-7-6-8-13-23)34(19-24-15-16-25(31)26(32)17-24)29(36)20-35(40(4,38)39)27-14-10-9-11-21(27)2/h6-17,22,28H,5,18-20H2,1-4H3,(H,33,37)/t22-,28-/m0/s1. The third-order valence-electron chi connectivity index (χ3n) is 6.67. The van der Waals surface area contributed by atoms with E-state index in [1.54, 1.807) is 49.4 Å². The van der Waals surface area contributed by atoms with Gasteiger partial charge in [-0.1, -0.05) is 84.7 Å². The fourth-order valence-corrected chi connectivity index (χ4v) is 5.50. The third-order valence-corrected chi connectivity index (χ3v) is 8.54. The smallest absolute Gasteiger partial charge is 0.244 e. The van der Waals surface area contributed by atoms with Crippen LogP contribution in [0.1, 0.15) is 37.0 Å². The second kappa shape index (κ2) is 14.0. The van der Waals surface area contributed by atoms with Crippen molar-refractivity contribution in [3.8, 4) is 0 Å². The summed E-state index contributed by atoms with van der Waals surface area (Å²) in [5.41, 5.74) is 2.61. The number of hydrogen-bond acceptors (Lipinski definition) is 4. The molecule has 0 heterocycles. The molecule has 7 nitrogen and oxygen atoms in total. The normalized spacial score (nSPS) is 12.8. The first-order valence-corrected chi connectivity index (χ1v) is 15.6. The summed E-state index contributed by atoms with van der Waals surface area (Å²) in [6.45, 7) is 5.18. The number of nitrogens with one attached hydrogen (secondary N) is 1. The van der Waals surface area contributed by atoms with Gasteiger partial charge < -0.3 is 10.2 Å². The number of hydrogen-bond donors (Lipinski definition) is 1. The molecule has 0 bridgehead atoms. The van der Waals surface area contributed by atoms with Gasteiger partial charge >= 0.3 is 0 Å². The summed E-state index contributed by atoms with van der Waals surface area (Å²) in [7, 11) is -3.84. The Bertz CT molecular complexity index is 1430. The van der Waals surface area contributed by atoms with Gasteiger partial charge in [0, 0.05) is 19.0 Å². The minimum absolute atomic E-state index is 0.0204. The average Bonchev–Trinajstić information content (AvgIpc) is 2.91. The lowest BCUT2D eigenvalue weighted by Crippen LogP contribution is -2.54. The zero-order valence-corrected chi connectivity index (χ0v) is 25.4. The SMILES string of the molecule is CC[C@H](C)NC(=O)[C@H](Cc1ccccc1)N(Cc1ccc(Cl)c(Cl)c1)C(=O)CN(c1ccccc1C)S(C)(=O)=O. The second-order valence-corrected chi connectivity index (χ2v) is 12.6. The van der Waals surface area contributed by atoms with Crippen molar-refractivity contribution in [1.29, 1.82) is 0 Å². The zero-order chi connectivity index (χ0) is 29.4. The molecule has 0 unspecified atom stereocenters. The lowest BCUT2D eigenvalue weighted by Gasteiger charge is -2.34. The summed E-state index contributed by atoms with van der Waals surface area (Å²) in [4.78, 5) is 29.2. The van der Waals surface area contributed by atoms with Crippen molar-refractivity contribution in [1.82, 2.24) is 10.2 Å². The van der Waals surface area contributed by atoms with Crippen molar-refractivity contribution in [2.75, 3.05) is 17.1 Å². The van der Waals surface area contributed by atoms with Crippen LogP contribution >= 0.6 is 23.2 Å². The van der Waals surface area contributed by atoms with Crippen molar-refractivity contribution < 1.29 is 18.0 Å². The fraction of sp³-hybridized carbons (Fsp3) is 0.333. The molecule has 3 rings (SSSR count). The van der Waals surface area contributed by atoms with E-state index in [0.717, 1.165) is 16.1 Å². The molecular weight excluding hydrogens is 569 g/mol. The summed E-state index contributed by atoms with van der Waals surface area (Å²) in [5, 5.41) is 3.68. The average molecular weight is 605 g/mol. The highest BCUT2D eigenvalue weighted by Crippen LogP contribution is 2.26.